The number of aromatic nitrogens is 3. The lowest BCUT2D eigenvalue weighted by molar-refractivity contribution is 0.669. The second-order valence-corrected chi connectivity index (χ2v) is 11.7. The maximum Gasteiger partial charge on any atom is 0.164 e. The summed E-state index contributed by atoms with van der Waals surface area (Å²) in [7, 11) is 0. The molecule has 9 rings (SSSR count). The van der Waals surface area contributed by atoms with Crippen molar-refractivity contribution in [2.24, 2.45) is 0 Å². The van der Waals surface area contributed by atoms with Crippen LogP contribution in [0.2, 0.25) is 0 Å². The normalized spacial score (nSPS) is 11.4. The first-order chi connectivity index (χ1) is 23.3. The van der Waals surface area contributed by atoms with Gasteiger partial charge < -0.3 is 4.42 Å². The van der Waals surface area contributed by atoms with E-state index in [1.807, 2.05) is 48.8 Å². The van der Waals surface area contributed by atoms with Gasteiger partial charge in [-0.3, -0.25) is 4.98 Å². The minimum Gasteiger partial charge on any atom is -0.455 e. The van der Waals surface area contributed by atoms with Crippen LogP contribution in [0.15, 0.2) is 168 Å². The highest BCUT2D eigenvalue weighted by atomic mass is 16.3. The molecule has 0 bridgehead atoms. The Balaban J connectivity index is 1.17. The van der Waals surface area contributed by atoms with Crippen molar-refractivity contribution in [2.45, 2.75) is 0 Å². The van der Waals surface area contributed by atoms with Crippen LogP contribution in [-0.2, 0) is 0 Å². The molecule has 0 radical (unpaired) electrons. The summed E-state index contributed by atoms with van der Waals surface area (Å²) in [5.41, 5.74) is 10.8. The quantitative estimate of drug-likeness (QED) is 0.197. The topological polar surface area (TPSA) is 51.8 Å². The number of fused-ring (bicyclic) bond motifs is 4. The molecule has 0 saturated heterocycles. The van der Waals surface area contributed by atoms with E-state index in [4.69, 9.17) is 14.4 Å². The molecule has 0 aliphatic carbocycles. The van der Waals surface area contributed by atoms with Gasteiger partial charge >= 0.3 is 0 Å². The van der Waals surface area contributed by atoms with Crippen LogP contribution in [-0.4, -0.2) is 15.0 Å². The average Bonchev–Trinajstić information content (AvgIpc) is 3.54. The van der Waals surface area contributed by atoms with Crippen LogP contribution >= 0.6 is 0 Å². The molecule has 47 heavy (non-hydrogen) atoms. The van der Waals surface area contributed by atoms with Crippen molar-refractivity contribution in [3.63, 3.8) is 0 Å². The van der Waals surface area contributed by atoms with Crippen LogP contribution in [0.3, 0.4) is 0 Å². The van der Waals surface area contributed by atoms with Crippen LogP contribution in [0.5, 0.6) is 0 Å². The second kappa shape index (κ2) is 11.2. The lowest BCUT2D eigenvalue weighted by Gasteiger charge is -2.11. The van der Waals surface area contributed by atoms with Crippen molar-refractivity contribution in [3.05, 3.63) is 164 Å². The van der Waals surface area contributed by atoms with Crippen LogP contribution in [0.1, 0.15) is 0 Å². The smallest absolute Gasteiger partial charge is 0.164 e. The van der Waals surface area contributed by atoms with Gasteiger partial charge in [0.25, 0.3) is 0 Å². The molecule has 4 nitrogen and oxygen atoms in total. The monoisotopic (exact) mass is 601 g/mol. The van der Waals surface area contributed by atoms with Crippen molar-refractivity contribution in [2.75, 3.05) is 0 Å². The number of furan rings is 1. The highest BCUT2D eigenvalue weighted by molar-refractivity contribution is 6.09. The molecule has 0 N–H and O–H groups in total. The Labute approximate surface area is 271 Å². The Morgan fingerprint density at radius 1 is 0.404 bits per heavy atom. The van der Waals surface area contributed by atoms with Gasteiger partial charge in [-0.05, 0) is 69.4 Å². The molecule has 6 aromatic carbocycles. The van der Waals surface area contributed by atoms with Gasteiger partial charge in [0.1, 0.15) is 11.2 Å². The summed E-state index contributed by atoms with van der Waals surface area (Å²) in [5.74, 6) is 0.624. The fourth-order valence-corrected chi connectivity index (χ4v) is 6.37. The van der Waals surface area contributed by atoms with Crippen molar-refractivity contribution in [3.8, 4) is 56.2 Å². The third-order valence-corrected chi connectivity index (χ3v) is 8.83. The number of pyridine rings is 1. The first-order valence-electron chi connectivity index (χ1n) is 15.7. The fourth-order valence-electron chi connectivity index (χ4n) is 6.37. The molecule has 0 atom stereocenters. The number of hydrogen-bond acceptors (Lipinski definition) is 4. The maximum atomic E-state index is 6.40. The van der Waals surface area contributed by atoms with Gasteiger partial charge in [0, 0.05) is 34.3 Å². The summed E-state index contributed by atoms with van der Waals surface area (Å²) in [4.78, 5) is 14.4. The lowest BCUT2D eigenvalue weighted by Crippen LogP contribution is -1.96. The number of para-hydroxylation sites is 2. The number of rotatable bonds is 5. The molecule has 0 aliphatic heterocycles. The lowest BCUT2D eigenvalue weighted by atomic mass is 9.99. The van der Waals surface area contributed by atoms with Crippen LogP contribution < -0.4 is 0 Å². The number of nitrogens with zero attached hydrogens (tertiary/aromatic N) is 3. The first kappa shape index (κ1) is 27.0. The molecule has 3 heterocycles. The summed E-state index contributed by atoms with van der Waals surface area (Å²) < 4.78 is 6.40. The average molecular weight is 602 g/mol. The predicted octanol–water partition coefficient (Wildman–Crippen LogP) is 11.3. The highest BCUT2D eigenvalue weighted by Gasteiger charge is 2.17. The summed E-state index contributed by atoms with van der Waals surface area (Å²) in [6, 6.07) is 52.6. The molecule has 3 aromatic heterocycles. The molecule has 9 aromatic rings. The van der Waals surface area contributed by atoms with Gasteiger partial charge in [0.05, 0.1) is 17.0 Å². The van der Waals surface area contributed by atoms with Gasteiger partial charge in [-0.25, -0.2) is 9.97 Å². The van der Waals surface area contributed by atoms with E-state index in [0.717, 1.165) is 66.7 Å². The Bertz CT molecular complexity index is 2550. The summed E-state index contributed by atoms with van der Waals surface area (Å²) in [6.45, 7) is 0. The zero-order valence-corrected chi connectivity index (χ0v) is 25.3. The molecular weight excluding hydrogens is 574 g/mol. The van der Waals surface area contributed by atoms with Crippen molar-refractivity contribution >= 4 is 32.7 Å². The van der Waals surface area contributed by atoms with Crippen LogP contribution in [0, 0.1) is 0 Å². The Kier molecular flexibility index (Phi) is 6.43. The second-order valence-electron chi connectivity index (χ2n) is 11.7. The van der Waals surface area contributed by atoms with Crippen LogP contribution in [0.25, 0.3) is 88.9 Å². The summed E-state index contributed by atoms with van der Waals surface area (Å²) in [5, 5.41) is 4.60. The van der Waals surface area contributed by atoms with E-state index in [2.05, 4.69) is 120 Å². The number of hydrogen-bond donors (Lipinski definition) is 0. The summed E-state index contributed by atoms with van der Waals surface area (Å²) >= 11 is 0. The zero-order valence-electron chi connectivity index (χ0n) is 25.3. The summed E-state index contributed by atoms with van der Waals surface area (Å²) in [6.07, 6.45) is 3.63. The van der Waals surface area contributed by atoms with Crippen molar-refractivity contribution in [1.82, 2.24) is 15.0 Å². The molecule has 0 fully saturated rings. The van der Waals surface area contributed by atoms with Gasteiger partial charge in [-0.15, -0.1) is 0 Å². The van der Waals surface area contributed by atoms with Crippen LogP contribution in [0.4, 0.5) is 0 Å². The van der Waals surface area contributed by atoms with Gasteiger partial charge in [0.2, 0.25) is 0 Å². The van der Waals surface area contributed by atoms with Crippen molar-refractivity contribution in [1.29, 1.82) is 0 Å². The molecule has 0 amide bonds. The molecule has 220 valence electrons. The Morgan fingerprint density at radius 2 is 0.979 bits per heavy atom. The van der Waals surface area contributed by atoms with E-state index >= 15 is 0 Å². The molecule has 0 saturated carbocycles. The molecule has 0 aliphatic rings. The predicted molar refractivity (Wildman–Crippen MR) is 192 cm³/mol. The molecule has 4 heteroatoms. The highest BCUT2D eigenvalue weighted by Crippen LogP contribution is 2.37. The molecule has 0 unspecified atom stereocenters. The van der Waals surface area contributed by atoms with E-state index in [0.29, 0.717) is 5.82 Å². The van der Waals surface area contributed by atoms with E-state index in [9.17, 15) is 0 Å². The largest absolute Gasteiger partial charge is 0.455 e. The Hall–Kier alpha value is -6.39. The SMILES string of the molecule is c1ccc2cc(-c3ccc(-c4cc(-c5ccc(-c6ccncc6)cc5)nc(-c5cccc6c5oc5ccccc56)n4)cc3)ccc2c1. The third-order valence-electron chi connectivity index (χ3n) is 8.83. The minimum absolute atomic E-state index is 0.624. The van der Waals surface area contributed by atoms with Gasteiger partial charge in [-0.1, -0.05) is 115 Å². The minimum atomic E-state index is 0.624. The van der Waals surface area contributed by atoms with Gasteiger partial charge in [-0.2, -0.15) is 0 Å². The van der Waals surface area contributed by atoms with E-state index < -0.39 is 0 Å². The van der Waals surface area contributed by atoms with Crippen molar-refractivity contribution < 1.29 is 4.42 Å². The van der Waals surface area contributed by atoms with E-state index in [1.165, 1.54) is 16.3 Å². The van der Waals surface area contributed by atoms with Gasteiger partial charge in [0.15, 0.2) is 5.82 Å². The fraction of sp³-hybridized carbons (Fsp3) is 0. The van der Waals surface area contributed by atoms with E-state index in [1.54, 1.807) is 0 Å². The number of benzene rings is 6. The zero-order chi connectivity index (χ0) is 31.2. The third kappa shape index (κ3) is 4.93. The molecule has 0 spiro atoms. The first-order valence-corrected chi connectivity index (χ1v) is 15.7. The standard InChI is InChI=1S/C43H27N3O/c1-2-7-34-26-35(21-16-28(34)6-1)30-14-19-33(20-15-30)40-27-39(32-17-12-29(13-18-32)31-22-24-44-25-23-31)45-43(46-40)38-10-5-9-37-36-8-3-4-11-41(36)47-42(37)38/h1-27H. The molecular formula is C43H27N3O. The Morgan fingerprint density at radius 3 is 1.72 bits per heavy atom. The van der Waals surface area contributed by atoms with E-state index in [-0.39, 0.29) is 0 Å². The maximum absolute atomic E-state index is 6.40.